The number of anilines is 1. The molecule has 230 valence electrons. The second-order valence-corrected chi connectivity index (χ2v) is 13.6. The van der Waals surface area contributed by atoms with Crippen molar-refractivity contribution < 1.29 is 18.0 Å². The Morgan fingerprint density at radius 1 is 0.841 bits per heavy atom. The molecule has 44 heavy (non-hydrogen) atoms. The number of nitrogens with zero attached hydrogens (tertiary/aromatic N) is 2. The monoisotopic (exact) mass is 675 g/mol. The molecule has 1 N–H and O–H groups in total. The molecule has 4 aromatic carbocycles. The maximum Gasteiger partial charge on any atom is 0.264 e. The Balaban J connectivity index is 1.80. The third-order valence-electron chi connectivity index (χ3n) is 7.45. The Hall–Kier alpha value is -3.95. The second-order valence-electron chi connectivity index (χ2n) is 10.8. The number of hydrogen-bond donors (Lipinski definition) is 1. The molecular weight excluding hydrogens is 638 g/mol. The molecule has 2 amide bonds. The van der Waals surface area contributed by atoms with Crippen LogP contribution in [0.25, 0.3) is 0 Å². The predicted molar refractivity (Wildman–Crippen MR) is 179 cm³/mol. The van der Waals surface area contributed by atoms with Crippen molar-refractivity contribution in [2.45, 2.75) is 57.1 Å². The van der Waals surface area contributed by atoms with Crippen molar-refractivity contribution in [3.63, 3.8) is 0 Å². The van der Waals surface area contributed by atoms with Gasteiger partial charge in [-0.2, -0.15) is 0 Å². The fourth-order valence-corrected chi connectivity index (χ4v) is 6.58. The summed E-state index contributed by atoms with van der Waals surface area (Å²) < 4.78 is 29.9. The fourth-order valence-electron chi connectivity index (χ4n) is 4.76. The van der Waals surface area contributed by atoms with Gasteiger partial charge in [-0.1, -0.05) is 107 Å². The first-order valence-electron chi connectivity index (χ1n) is 14.6. The number of carbonyl (C=O) groups excluding carboxylic acids is 2. The van der Waals surface area contributed by atoms with E-state index in [0.717, 1.165) is 27.4 Å². The molecule has 0 aliphatic rings. The summed E-state index contributed by atoms with van der Waals surface area (Å²) >= 11 is 3.44. The molecule has 0 saturated carbocycles. The Morgan fingerprint density at radius 3 is 2.09 bits per heavy atom. The van der Waals surface area contributed by atoms with Crippen LogP contribution in [0.3, 0.4) is 0 Å². The van der Waals surface area contributed by atoms with Gasteiger partial charge < -0.3 is 10.2 Å². The van der Waals surface area contributed by atoms with Gasteiger partial charge in [-0.3, -0.25) is 13.9 Å². The predicted octanol–water partition coefficient (Wildman–Crippen LogP) is 6.51. The number of amides is 2. The molecule has 0 radical (unpaired) electrons. The van der Waals surface area contributed by atoms with Gasteiger partial charge in [0.1, 0.15) is 12.6 Å². The first-order chi connectivity index (χ1) is 21.1. The standard InChI is InChI=1S/C35H38BrN3O4S/c1-4-27(3)37-35(41)33(22-28-12-7-5-8-13-28)38(24-29-20-18-26(2)19-21-29)34(40)25-39(31-15-11-14-30(36)23-31)44(42,43)32-16-9-6-10-17-32/h5-21,23,27,33H,4,22,24-25H2,1-3H3,(H,37,41). The fraction of sp³-hybridized carbons (Fsp3) is 0.257. The highest BCUT2D eigenvalue weighted by molar-refractivity contribution is 9.10. The van der Waals surface area contributed by atoms with E-state index < -0.39 is 28.5 Å². The molecule has 0 fully saturated rings. The minimum absolute atomic E-state index is 0.0632. The van der Waals surface area contributed by atoms with Gasteiger partial charge in [0.05, 0.1) is 10.6 Å². The maximum absolute atomic E-state index is 14.5. The normalized spacial score (nSPS) is 12.6. The number of rotatable bonds is 13. The van der Waals surface area contributed by atoms with Gasteiger partial charge in [0.15, 0.2) is 0 Å². The van der Waals surface area contributed by atoms with Crippen LogP contribution in [-0.2, 0) is 32.6 Å². The largest absolute Gasteiger partial charge is 0.352 e. The molecule has 7 nitrogen and oxygen atoms in total. The smallest absolute Gasteiger partial charge is 0.264 e. The zero-order valence-electron chi connectivity index (χ0n) is 25.2. The van der Waals surface area contributed by atoms with Crippen molar-refractivity contribution in [3.05, 3.63) is 130 Å². The van der Waals surface area contributed by atoms with Crippen LogP contribution in [0.5, 0.6) is 0 Å². The number of sulfonamides is 1. The van der Waals surface area contributed by atoms with E-state index in [4.69, 9.17) is 0 Å². The summed E-state index contributed by atoms with van der Waals surface area (Å²) in [5.74, 6) is -0.783. The quantitative estimate of drug-likeness (QED) is 0.175. The van der Waals surface area contributed by atoms with Crippen molar-refractivity contribution in [1.82, 2.24) is 10.2 Å². The summed E-state index contributed by atoms with van der Waals surface area (Å²) in [6, 6.07) is 31.2. The summed E-state index contributed by atoms with van der Waals surface area (Å²) in [6.07, 6.45) is 0.991. The molecule has 2 unspecified atom stereocenters. The first kappa shape index (κ1) is 33.0. The highest BCUT2D eigenvalue weighted by Gasteiger charge is 2.35. The number of hydrogen-bond acceptors (Lipinski definition) is 4. The van der Waals surface area contributed by atoms with Crippen LogP contribution >= 0.6 is 15.9 Å². The van der Waals surface area contributed by atoms with Crippen molar-refractivity contribution >= 4 is 43.5 Å². The average Bonchev–Trinajstić information content (AvgIpc) is 3.03. The van der Waals surface area contributed by atoms with Crippen LogP contribution in [0.15, 0.2) is 119 Å². The highest BCUT2D eigenvalue weighted by atomic mass is 79.9. The zero-order valence-corrected chi connectivity index (χ0v) is 27.6. The summed E-state index contributed by atoms with van der Waals surface area (Å²) in [4.78, 5) is 29.9. The zero-order chi connectivity index (χ0) is 31.7. The third kappa shape index (κ3) is 8.57. The lowest BCUT2D eigenvalue weighted by Crippen LogP contribution is -2.54. The van der Waals surface area contributed by atoms with Crippen LogP contribution in [0.4, 0.5) is 5.69 Å². The van der Waals surface area contributed by atoms with Gasteiger partial charge in [-0.05, 0) is 61.7 Å². The van der Waals surface area contributed by atoms with Gasteiger partial charge in [-0.15, -0.1) is 0 Å². The van der Waals surface area contributed by atoms with E-state index in [1.54, 1.807) is 42.5 Å². The average molecular weight is 677 g/mol. The summed E-state index contributed by atoms with van der Waals surface area (Å²) in [6.45, 7) is 5.51. The van der Waals surface area contributed by atoms with Gasteiger partial charge in [0.2, 0.25) is 11.8 Å². The number of nitrogens with one attached hydrogen (secondary N) is 1. The third-order valence-corrected chi connectivity index (χ3v) is 9.73. The van der Waals surface area contributed by atoms with Crippen LogP contribution in [-0.4, -0.2) is 43.8 Å². The molecule has 0 bridgehead atoms. The number of benzene rings is 4. The van der Waals surface area contributed by atoms with Crippen molar-refractivity contribution in [1.29, 1.82) is 0 Å². The summed E-state index contributed by atoms with van der Waals surface area (Å²) in [7, 11) is -4.14. The van der Waals surface area contributed by atoms with Gasteiger partial charge >= 0.3 is 0 Å². The van der Waals surface area contributed by atoms with Gasteiger partial charge in [0.25, 0.3) is 10.0 Å². The van der Waals surface area contributed by atoms with E-state index in [1.807, 2.05) is 75.4 Å². The second kappa shape index (κ2) is 15.2. The van der Waals surface area contributed by atoms with Crippen molar-refractivity contribution in [3.8, 4) is 0 Å². The van der Waals surface area contributed by atoms with E-state index in [9.17, 15) is 18.0 Å². The van der Waals surface area contributed by atoms with Crippen LogP contribution in [0.1, 0.15) is 37.0 Å². The lowest BCUT2D eigenvalue weighted by Gasteiger charge is -2.34. The minimum atomic E-state index is -4.14. The van der Waals surface area contributed by atoms with E-state index in [1.165, 1.54) is 17.0 Å². The molecule has 0 heterocycles. The van der Waals surface area contributed by atoms with Crippen LogP contribution in [0.2, 0.25) is 0 Å². The van der Waals surface area contributed by atoms with E-state index in [2.05, 4.69) is 21.2 Å². The van der Waals surface area contributed by atoms with Crippen molar-refractivity contribution in [2.75, 3.05) is 10.8 Å². The Morgan fingerprint density at radius 2 is 1.48 bits per heavy atom. The first-order valence-corrected chi connectivity index (χ1v) is 16.8. The molecule has 4 aromatic rings. The lowest BCUT2D eigenvalue weighted by atomic mass is 10.0. The molecule has 0 spiro atoms. The Labute approximate surface area is 269 Å². The number of halogens is 1. The number of aryl methyl sites for hydroxylation is 1. The number of carbonyl (C=O) groups is 2. The lowest BCUT2D eigenvalue weighted by molar-refractivity contribution is -0.140. The maximum atomic E-state index is 14.5. The molecule has 0 aliphatic heterocycles. The molecular formula is C35H38BrN3O4S. The summed E-state index contributed by atoms with van der Waals surface area (Å²) in [5, 5.41) is 3.06. The van der Waals surface area contributed by atoms with Crippen LogP contribution in [0, 0.1) is 6.92 Å². The molecule has 9 heteroatoms. The van der Waals surface area contributed by atoms with E-state index >= 15 is 0 Å². The Kier molecular flexibility index (Phi) is 11.4. The van der Waals surface area contributed by atoms with E-state index in [0.29, 0.717) is 10.2 Å². The van der Waals surface area contributed by atoms with Crippen molar-refractivity contribution in [2.24, 2.45) is 0 Å². The molecule has 0 saturated heterocycles. The molecule has 0 aliphatic carbocycles. The van der Waals surface area contributed by atoms with Gasteiger partial charge in [-0.25, -0.2) is 8.42 Å². The molecule has 4 rings (SSSR count). The van der Waals surface area contributed by atoms with E-state index in [-0.39, 0.29) is 29.8 Å². The highest BCUT2D eigenvalue weighted by Crippen LogP contribution is 2.27. The van der Waals surface area contributed by atoms with Crippen LogP contribution < -0.4 is 9.62 Å². The Bertz CT molecular complexity index is 1650. The van der Waals surface area contributed by atoms with Gasteiger partial charge in [0, 0.05) is 23.5 Å². The SMILES string of the molecule is CCC(C)NC(=O)C(Cc1ccccc1)N(Cc1ccc(C)cc1)C(=O)CN(c1cccc(Br)c1)S(=O)(=O)c1ccccc1. The molecule has 0 aromatic heterocycles. The molecule has 2 atom stereocenters. The topological polar surface area (TPSA) is 86.8 Å². The minimum Gasteiger partial charge on any atom is -0.352 e. The summed E-state index contributed by atoms with van der Waals surface area (Å²) in [5.41, 5.74) is 3.12.